The van der Waals surface area contributed by atoms with Crippen molar-refractivity contribution in [2.75, 3.05) is 0 Å². The second kappa shape index (κ2) is 5.56. The molecule has 0 unspecified atom stereocenters. The van der Waals surface area contributed by atoms with Crippen LogP contribution in [-0.4, -0.2) is 15.2 Å². The third kappa shape index (κ3) is 2.00. The summed E-state index contributed by atoms with van der Waals surface area (Å²) in [6.07, 6.45) is 3.42. The molecular weight excluding hydrogens is 360 g/mol. The lowest BCUT2D eigenvalue weighted by molar-refractivity contribution is 0.242. The summed E-state index contributed by atoms with van der Waals surface area (Å²) in [5, 5.41) is 8.67. The quantitative estimate of drug-likeness (QED) is 0.722. The Morgan fingerprint density at radius 3 is 2.57 bits per heavy atom. The van der Waals surface area contributed by atoms with E-state index in [-0.39, 0.29) is 28.0 Å². The van der Waals surface area contributed by atoms with Gasteiger partial charge < -0.3 is 4.98 Å². The summed E-state index contributed by atoms with van der Waals surface area (Å²) >= 11 is 0. The van der Waals surface area contributed by atoms with Crippen molar-refractivity contribution in [3.05, 3.63) is 81.4 Å². The van der Waals surface area contributed by atoms with Crippen LogP contribution in [0, 0.1) is 17.0 Å². The summed E-state index contributed by atoms with van der Waals surface area (Å²) in [5.41, 5.74) is 1.91. The van der Waals surface area contributed by atoms with Gasteiger partial charge in [0.2, 0.25) is 0 Å². The van der Waals surface area contributed by atoms with Crippen molar-refractivity contribution in [3.63, 3.8) is 0 Å². The largest absolute Gasteiger partial charge is 0.364 e. The highest BCUT2D eigenvalue weighted by Gasteiger charge is 2.64. The van der Waals surface area contributed by atoms with Crippen molar-refractivity contribution in [2.24, 2.45) is 5.41 Å². The standard InChI is InChI=1S/C22H19F2N3O/c1-21(2)14-6-8-22(21,18-10-12(28)7-9-25-18)20-13(14)11-17(26-27-20)19-15(23)4-3-5-16(19)24/h3-5,7,9-11,14H,6,8H2,1-2H3,(H,25,28)/t14-,22-/m0/s1. The lowest BCUT2D eigenvalue weighted by Gasteiger charge is -2.37. The Balaban J connectivity index is 1.75. The summed E-state index contributed by atoms with van der Waals surface area (Å²) in [6, 6.07) is 8.68. The molecule has 142 valence electrons. The van der Waals surface area contributed by atoms with E-state index in [0.717, 1.165) is 29.8 Å². The van der Waals surface area contributed by atoms with Crippen LogP contribution in [0.25, 0.3) is 11.3 Å². The van der Waals surface area contributed by atoms with Crippen molar-refractivity contribution in [2.45, 2.75) is 38.0 Å². The summed E-state index contributed by atoms with van der Waals surface area (Å²) < 4.78 is 28.5. The van der Waals surface area contributed by atoms with Crippen LogP contribution in [0.15, 0.2) is 47.4 Å². The molecule has 2 aromatic heterocycles. The van der Waals surface area contributed by atoms with Gasteiger partial charge in [0.05, 0.1) is 22.4 Å². The molecule has 5 rings (SSSR count). The zero-order valence-electron chi connectivity index (χ0n) is 15.6. The molecule has 2 atom stereocenters. The molecular formula is C22H19F2N3O. The molecule has 0 radical (unpaired) electrons. The zero-order chi connectivity index (χ0) is 19.7. The van der Waals surface area contributed by atoms with Crippen molar-refractivity contribution in [1.82, 2.24) is 15.2 Å². The van der Waals surface area contributed by atoms with E-state index in [1.165, 1.54) is 24.3 Å². The van der Waals surface area contributed by atoms with Crippen molar-refractivity contribution < 1.29 is 8.78 Å². The Morgan fingerprint density at radius 2 is 1.86 bits per heavy atom. The molecule has 1 N–H and O–H groups in total. The van der Waals surface area contributed by atoms with E-state index in [1.807, 2.05) is 0 Å². The number of fused-ring (bicyclic) bond motifs is 5. The average Bonchev–Trinajstić information content (AvgIpc) is 3.03. The minimum absolute atomic E-state index is 0.0613. The Labute approximate surface area is 160 Å². The van der Waals surface area contributed by atoms with Gasteiger partial charge in [-0.15, -0.1) is 5.10 Å². The van der Waals surface area contributed by atoms with Crippen LogP contribution < -0.4 is 5.43 Å². The average molecular weight is 379 g/mol. The number of rotatable bonds is 2. The molecule has 2 heterocycles. The topological polar surface area (TPSA) is 58.6 Å². The fourth-order valence-electron chi connectivity index (χ4n) is 5.48. The van der Waals surface area contributed by atoms with Crippen molar-refractivity contribution in [1.29, 1.82) is 0 Å². The van der Waals surface area contributed by atoms with Gasteiger partial charge in [-0.3, -0.25) is 4.79 Å². The molecule has 2 bridgehead atoms. The van der Waals surface area contributed by atoms with Crippen LogP contribution in [0.4, 0.5) is 8.78 Å². The second-order valence-electron chi connectivity index (χ2n) is 8.29. The normalized spacial score (nSPS) is 24.4. The molecule has 2 aliphatic carbocycles. The molecule has 1 saturated carbocycles. The van der Waals surface area contributed by atoms with E-state index in [9.17, 15) is 13.6 Å². The lowest BCUT2D eigenvalue weighted by Crippen LogP contribution is -2.38. The number of nitrogens with zero attached hydrogens (tertiary/aromatic N) is 2. The van der Waals surface area contributed by atoms with Gasteiger partial charge in [-0.05, 0) is 47.9 Å². The number of hydrogen-bond donors (Lipinski definition) is 1. The van der Waals surface area contributed by atoms with Crippen LogP contribution in [0.1, 0.15) is 49.6 Å². The predicted molar refractivity (Wildman–Crippen MR) is 101 cm³/mol. The van der Waals surface area contributed by atoms with E-state index in [1.54, 1.807) is 18.3 Å². The fraction of sp³-hybridized carbons (Fsp3) is 0.318. The summed E-state index contributed by atoms with van der Waals surface area (Å²) in [5.74, 6) is -1.13. The Kier molecular flexibility index (Phi) is 3.42. The van der Waals surface area contributed by atoms with Gasteiger partial charge in [0.15, 0.2) is 5.43 Å². The third-order valence-electron chi connectivity index (χ3n) is 6.83. The number of aromatic nitrogens is 3. The highest BCUT2D eigenvalue weighted by molar-refractivity contribution is 5.64. The second-order valence-corrected chi connectivity index (χ2v) is 8.29. The van der Waals surface area contributed by atoms with Gasteiger partial charge in [0.1, 0.15) is 11.6 Å². The molecule has 6 heteroatoms. The van der Waals surface area contributed by atoms with Gasteiger partial charge >= 0.3 is 0 Å². The number of halogens is 2. The molecule has 3 aromatic rings. The third-order valence-corrected chi connectivity index (χ3v) is 6.83. The summed E-state index contributed by atoms with van der Waals surface area (Å²) in [7, 11) is 0. The number of aromatic amines is 1. The molecule has 0 saturated heterocycles. The number of hydrogen-bond acceptors (Lipinski definition) is 3. The van der Waals surface area contributed by atoms with E-state index in [2.05, 4.69) is 29.0 Å². The Hall–Kier alpha value is -2.89. The van der Waals surface area contributed by atoms with Crippen molar-refractivity contribution in [3.8, 4) is 11.3 Å². The van der Waals surface area contributed by atoms with E-state index >= 15 is 0 Å². The van der Waals surface area contributed by atoms with Gasteiger partial charge in [-0.25, -0.2) is 8.78 Å². The first-order chi connectivity index (χ1) is 13.4. The monoisotopic (exact) mass is 379 g/mol. The molecule has 0 spiro atoms. The lowest BCUT2D eigenvalue weighted by atomic mass is 9.66. The first-order valence-corrected chi connectivity index (χ1v) is 9.38. The SMILES string of the molecule is CC1(C)[C@H]2CC[C@]1(c1cc(=O)cc[nH]1)c1nnc(-c3c(F)cccc3F)cc12. The van der Waals surface area contributed by atoms with Gasteiger partial charge in [-0.1, -0.05) is 19.9 Å². The first kappa shape index (κ1) is 17.2. The molecule has 0 aliphatic heterocycles. The van der Waals surface area contributed by atoms with Crippen LogP contribution in [0.3, 0.4) is 0 Å². The molecule has 1 fully saturated rings. The van der Waals surface area contributed by atoms with Crippen LogP contribution in [-0.2, 0) is 5.41 Å². The number of pyridine rings is 1. The van der Waals surface area contributed by atoms with E-state index in [0.29, 0.717) is 0 Å². The molecule has 0 amide bonds. The van der Waals surface area contributed by atoms with E-state index < -0.39 is 17.0 Å². The predicted octanol–water partition coefficient (Wildman–Crippen LogP) is 4.31. The van der Waals surface area contributed by atoms with Crippen molar-refractivity contribution >= 4 is 0 Å². The minimum atomic E-state index is -0.654. The maximum absolute atomic E-state index is 14.3. The molecule has 4 nitrogen and oxygen atoms in total. The number of H-pyrrole nitrogens is 1. The van der Waals surface area contributed by atoms with Crippen LogP contribution in [0.5, 0.6) is 0 Å². The Morgan fingerprint density at radius 1 is 1.11 bits per heavy atom. The van der Waals surface area contributed by atoms with Gasteiger partial charge in [0, 0.05) is 24.0 Å². The summed E-state index contributed by atoms with van der Waals surface area (Å²) in [4.78, 5) is 15.3. The maximum atomic E-state index is 14.3. The smallest absolute Gasteiger partial charge is 0.181 e. The molecule has 2 aliphatic rings. The van der Waals surface area contributed by atoms with Crippen LogP contribution >= 0.6 is 0 Å². The minimum Gasteiger partial charge on any atom is -0.364 e. The highest BCUT2D eigenvalue weighted by Crippen LogP contribution is 2.69. The van der Waals surface area contributed by atoms with Gasteiger partial charge in [0.25, 0.3) is 0 Å². The maximum Gasteiger partial charge on any atom is 0.181 e. The van der Waals surface area contributed by atoms with Gasteiger partial charge in [-0.2, -0.15) is 5.10 Å². The van der Waals surface area contributed by atoms with E-state index in [4.69, 9.17) is 0 Å². The molecule has 28 heavy (non-hydrogen) atoms. The van der Waals surface area contributed by atoms with Crippen LogP contribution in [0.2, 0.25) is 0 Å². The number of nitrogens with one attached hydrogen (secondary N) is 1. The first-order valence-electron chi connectivity index (χ1n) is 9.38. The highest BCUT2D eigenvalue weighted by atomic mass is 19.1. The number of benzene rings is 1. The Bertz CT molecular complexity index is 1150. The summed E-state index contributed by atoms with van der Waals surface area (Å²) in [6.45, 7) is 4.34. The molecule has 1 aromatic carbocycles. The zero-order valence-corrected chi connectivity index (χ0v) is 15.6. The fourth-order valence-corrected chi connectivity index (χ4v) is 5.48.